The van der Waals surface area contributed by atoms with Crippen LogP contribution in [0.2, 0.25) is 0 Å². The Morgan fingerprint density at radius 3 is 2.06 bits per heavy atom. The van der Waals surface area contributed by atoms with Gasteiger partial charge in [-0.05, 0) is 11.6 Å². The van der Waals surface area contributed by atoms with E-state index < -0.39 is 0 Å². The van der Waals surface area contributed by atoms with E-state index in [-0.39, 0.29) is 24.8 Å². The molecule has 0 aromatic heterocycles. The number of ether oxygens (including phenoxy) is 1. The van der Waals surface area contributed by atoms with Crippen molar-refractivity contribution in [2.24, 2.45) is 0 Å². The van der Waals surface area contributed by atoms with Gasteiger partial charge in [-0.25, -0.2) is 0 Å². The summed E-state index contributed by atoms with van der Waals surface area (Å²) in [7, 11) is 1.58. The van der Waals surface area contributed by atoms with E-state index in [1.165, 1.54) is 0 Å². The Hall–Kier alpha value is -1.58. The number of nitrogens with two attached hydrogens (primary N) is 2. The molecule has 0 fully saturated rings. The largest absolute Gasteiger partial charge is 0.495 e. The Bertz CT molecular complexity index is 504. The number of nitrogen functional groups attached to an aromatic ring is 2. The van der Waals surface area contributed by atoms with Crippen LogP contribution in [-0.4, -0.2) is 7.11 Å². The maximum atomic E-state index is 5.96. The van der Waals surface area contributed by atoms with Crippen molar-refractivity contribution in [1.29, 1.82) is 0 Å². The average Bonchev–Trinajstić information content (AvgIpc) is 2.32. The van der Waals surface area contributed by atoms with Gasteiger partial charge in [-0.2, -0.15) is 0 Å². The Morgan fingerprint density at radius 2 is 1.50 bits per heavy atom. The third-order valence-electron chi connectivity index (χ3n) is 2.49. The van der Waals surface area contributed by atoms with Gasteiger partial charge in [0.15, 0.2) is 0 Å². The van der Waals surface area contributed by atoms with Crippen molar-refractivity contribution >= 4 is 36.2 Å². The molecule has 5 heteroatoms. The van der Waals surface area contributed by atoms with Crippen LogP contribution in [0.4, 0.5) is 11.4 Å². The van der Waals surface area contributed by atoms with Crippen LogP contribution < -0.4 is 16.2 Å². The highest BCUT2D eigenvalue weighted by Gasteiger charge is 2.07. The molecule has 0 aliphatic rings. The molecule has 0 aliphatic carbocycles. The van der Waals surface area contributed by atoms with Gasteiger partial charge in [0.25, 0.3) is 0 Å². The first kappa shape index (κ1) is 16.4. The molecule has 0 bridgehead atoms. The van der Waals surface area contributed by atoms with Gasteiger partial charge in [0.2, 0.25) is 0 Å². The number of anilines is 2. The normalized spacial score (nSPS) is 8.94. The molecule has 98 valence electrons. The maximum absolute atomic E-state index is 5.96. The Balaban J connectivity index is 0.00000144. The molecule has 0 atom stereocenters. The van der Waals surface area contributed by atoms with E-state index in [1.54, 1.807) is 13.2 Å². The van der Waals surface area contributed by atoms with Crippen LogP contribution in [0.15, 0.2) is 42.5 Å². The van der Waals surface area contributed by atoms with Crippen molar-refractivity contribution < 1.29 is 4.74 Å². The van der Waals surface area contributed by atoms with Crippen LogP contribution in [0.5, 0.6) is 5.75 Å². The molecule has 3 nitrogen and oxygen atoms in total. The summed E-state index contributed by atoms with van der Waals surface area (Å²) >= 11 is 0. The molecule has 4 N–H and O–H groups in total. The molecule has 0 saturated heterocycles. The lowest BCUT2D eigenvalue weighted by molar-refractivity contribution is 0.417. The molecule has 0 aliphatic heterocycles. The average molecular weight is 287 g/mol. The van der Waals surface area contributed by atoms with Crippen LogP contribution in [0.1, 0.15) is 0 Å². The van der Waals surface area contributed by atoms with E-state index >= 15 is 0 Å². The highest BCUT2D eigenvalue weighted by Crippen LogP contribution is 2.33. The fourth-order valence-corrected chi connectivity index (χ4v) is 1.66. The first-order valence-electron chi connectivity index (χ1n) is 5.01. The predicted molar refractivity (Wildman–Crippen MR) is 81.8 cm³/mol. The molecule has 2 rings (SSSR count). The third kappa shape index (κ3) is 3.22. The summed E-state index contributed by atoms with van der Waals surface area (Å²) in [5.74, 6) is 0.609. The summed E-state index contributed by atoms with van der Waals surface area (Å²) in [5, 5.41) is 0. The van der Waals surface area contributed by atoms with Crippen LogP contribution in [0.25, 0.3) is 11.1 Å². The first-order valence-corrected chi connectivity index (χ1v) is 5.01. The fourth-order valence-electron chi connectivity index (χ4n) is 1.66. The SMILES string of the molecule is COc1cc(N)c(-c2ccccc2)cc1N.Cl.Cl. The lowest BCUT2D eigenvalue weighted by Crippen LogP contribution is -1.97. The summed E-state index contributed by atoms with van der Waals surface area (Å²) in [6.45, 7) is 0. The lowest BCUT2D eigenvalue weighted by atomic mass is 10.0. The standard InChI is InChI=1S/C13H14N2O.2ClH/c1-16-13-8-11(14)10(7-12(13)15)9-5-3-2-4-6-9;;/h2-8H,14-15H2,1H3;2*1H. The molecule has 0 spiro atoms. The van der Waals surface area contributed by atoms with Gasteiger partial charge >= 0.3 is 0 Å². The lowest BCUT2D eigenvalue weighted by Gasteiger charge is -2.10. The van der Waals surface area contributed by atoms with E-state index in [2.05, 4.69) is 0 Å². The molecule has 0 amide bonds. The van der Waals surface area contributed by atoms with Crippen LogP contribution >= 0.6 is 24.8 Å². The molecule has 0 radical (unpaired) electrons. The fraction of sp³-hybridized carbons (Fsp3) is 0.0769. The number of methoxy groups -OCH3 is 1. The molecule has 18 heavy (non-hydrogen) atoms. The van der Waals surface area contributed by atoms with Crippen molar-refractivity contribution in [3.05, 3.63) is 42.5 Å². The van der Waals surface area contributed by atoms with Crippen LogP contribution in [0, 0.1) is 0 Å². The Morgan fingerprint density at radius 1 is 0.889 bits per heavy atom. The second kappa shape index (κ2) is 6.99. The minimum Gasteiger partial charge on any atom is -0.495 e. The van der Waals surface area contributed by atoms with Crippen molar-refractivity contribution in [3.63, 3.8) is 0 Å². The summed E-state index contributed by atoms with van der Waals surface area (Å²) in [6, 6.07) is 13.5. The second-order valence-electron chi connectivity index (χ2n) is 3.55. The zero-order chi connectivity index (χ0) is 11.5. The highest BCUT2D eigenvalue weighted by molar-refractivity contribution is 5.85. The van der Waals surface area contributed by atoms with Crippen molar-refractivity contribution in [3.8, 4) is 16.9 Å². The van der Waals surface area contributed by atoms with E-state index in [1.807, 2.05) is 36.4 Å². The van der Waals surface area contributed by atoms with Crippen LogP contribution in [0.3, 0.4) is 0 Å². The maximum Gasteiger partial charge on any atom is 0.143 e. The van der Waals surface area contributed by atoms with E-state index in [0.717, 1.165) is 11.1 Å². The Labute approximate surface area is 119 Å². The Kier molecular flexibility index (Phi) is 6.37. The zero-order valence-corrected chi connectivity index (χ0v) is 11.6. The van der Waals surface area contributed by atoms with E-state index in [9.17, 15) is 0 Å². The first-order chi connectivity index (χ1) is 7.72. The second-order valence-corrected chi connectivity index (χ2v) is 3.55. The van der Waals surface area contributed by atoms with Gasteiger partial charge < -0.3 is 16.2 Å². The molecular formula is C13H16Cl2N2O. The quantitative estimate of drug-likeness (QED) is 0.832. The summed E-state index contributed by atoms with van der Waals surface area (Å²) in [6.07, 6.45) is 0. The van der Waals surface area contributed by atoms with Crippen molar-refractivity contribution in [2.45, 2.75) is 0 Å². The zero-order valence-electron chi connectivity index (χ0n) is 9.92. The summed E-state index contributed by atoms with van der Waals surface area (Å²) < 4.78 is 5.11. The summed E-state index contributed by atoms with van der Waals surface area (Å²) in [4.78, 5) is 0. The molecule has 2 aromatic carbocycles. The number of benzene rings is 2. The van der Waals surface area contributed by atoms with E-state index in [0.29, 0.717) is 17.1 Å². The number of hydrogen-bond acceptors (Lipinski definition) is 3. The molecule has 0 saturated carbocycles. The van der Waals surface area contributed by atoms with Gasteiger partial charge in [0.1, 0.15) is 5.75 Å². The van der Waals surface area contributed by atoms with Gasteiger partial charge in [-0.1, -0.05) is 30.3 Å². The van der Waals surface area contributed by atoms with Crippen molar-refractivity contribution in [1.82, 2.24) is 0 Å². The summed E-state index contributed by atoms with van der Waals surface area (Å²) in [5.41, 5.74) is 15.1. The molecular weight excluding hydrogens is 271 g/mol. The highest BCUT2D eigenvalue weighted by atomic mass is 35.5. The molecule has 0 heterocycles. The smallest absolute Gasteiger partial charge is 0.143 e. The van der Waals surface area contributed by atoms with E-state index in [4.69, 9.17) is 16.2 Å². The monoisotopic (exact) mass is 286 g/mol. The van der Waals surface area contributed by atoms with Crippen molar-refractivity contribution in [2.75, 3.05) is 18.6 Å². The van der Waals surface area contributed by atoms with Gasteiger partial charge in [0, 0.05) is 17.3 Å². The minimum absolute atomic E-state index is 0. The minimum atomic E-state index is 0. The topological polar surface area (TPSA) is 61.3 Å². The van der Waals surface area contributed by atoms with Gasteiger partial charge in [-0.15, -0.1) is 24.8 Å². The third-order valence-corrected chi connectivity index (χ3v) is 2.49. The number of rotatable bonds is 2. The predicted octanol–water partition coefficient (Wildman–Crippen LogP) is 3.37. The number of halogens is 2. The van der Waals surface area contributed by atoms with Gasteiger partial charge in [-0.3, -0.25) is 0 Å². The van der Waals surface area contributed by atoms with Gasteiger partial charge in [0.05, 0.1) is 12.8 Å². The number of hydrogen-bond donors (Lipinski definition) is 2. The molecule has 2 aromatic rings. The van der Waals surface area contributed by atoms with Crippen LogP contribution in [-0.2, 0) is 0 Å². The molecule has 0 unspecified atom stereocenters.